The average molecular weight is 325 g/mol. The Labute approximate surface area is 127 Å². The number of sulfonamides is 1. The van der Waals surface area contributed by atoms with Crippen molar-refractivity contribution in [1.82, 2.24) is 19.5 Å². The molecule has 2 aromatic heterocycles. The quantitative estimate of drug-likeness (QED) is 0.886. The summed E-state index contributed by atoms with van der Waals surface area (Å²) in [6, 6.07) is 4.02. The Kier molecular flexibility index (Phi) is 3.83. The number of hydrogen-bond acceptors (Lipinski definition) is 5. The van der Waals surface area contributed by atoms with E-state index >= 15 is 0 Å². The Balaban J connectivity index is 1.72. The number of hydrogen-bond donors (Lipinski definition) is 1. The van der Waals surface area contributed by atoms with E-state index in [1.165, 1.54) is 35.3 Å². The number of rotatable bonds is 4. The normalized spacial score (nSPS) is 18.8. The van der Waals surface area contributed by atoms with Gasteiger partial charge in [0, 0.05) is 32.4 Å². The van der Waals surface area contributed by atoms with Crippen molar-refractivity contribution in [1.29, 1.82) is 0 Å². The van der Waals surface area contributed by atoms with Crippen molar-refractivity contribution in [3.05, 3.63) is 36.4 Å². The highest BCUT2D eigenvalue weighted by Gasteiger charge is 2.30. The molecule has 3 rings (SSSR count). The zero-order valence-corrected chi connectivity index (χ0v) is 12.8. The number of nitrogens with zero attached hydrogens (tertiary/aromatic N) is 4. The third kappa shape index (κ3) is 2.81. The number of nitrogens with one attached hydrogen (secondary N) is 1. The van der Waals surface area contributed by atoms with Crippen LogP contribution < -0.4 is 9.62 Å². The molecule has 1 atom stereocenters. The number of pyridine rings is 1. The lowest BCUT2D eigenvalue weighted by molar-refractivity contribution is 0.545. The van der Waals surface area contributed by atoms with E-state index in [-0.39, 0.29) is 16.9 Å². The van der Waals surface area contributed by atoms with E-state index in [9.17, 15) is 12.8 Å². The highest BCUT2D eigenvalue weighted by atomic mass is 32.2. The summed E-state index contributed by atoms with van der Waals surface area (Å²) in [6.07, 6.45) is 3.54. The summed E-state index contributed by atoms with van der Waals surface area (Å²) >= 11 is 0. The molecule has 1 fully saturated rings. The SMILES string of the molecule is Cn1nccc1S(=O)(=O)NC1CCN(c2ncccc2F)C1. The van der Waals surface area contributed by atoms with E-state index in [0.29, 0.717) is 19.5 Å². The smallest absolute Gasteiger partial charge is 0.258 e. The fourth-order valence-electron chi connectivity index (χ4n) is 2.56. The van der Waals surface area contributed by atoms with Gasteiger partial charge in [0.25, 0.3) is 10.0 Å². The summed E-state index contributed by atoms with van der Waals surface area (Å²) in [5.41, 5.74) is 0. The molecule has 1 N–H and O–H groups in total. The van der Waals surface area contributed by atoms with Gasteiger partial charge >= 0.3 is 0 Å². The molecule has 0 radical (unpaired) electrons. The minimum atomic E-state index is -3.64. The first-order valence-electron chi connectivity index (χ1n) is 6.83. The monoisotopic (exact) mass is 325 g/mol. The third-order valence-electron chi connectivity index (χ3n) is 3.60. The Hall–Kier alpha value is -2.00. The molecule has 1 saturated heterocycles. The van der Waals surface area contributed by atoms with Crippen LogP contribution in [0.3, 0.4) is 0 Å². The molecule has 0 aliphatic carbocycles. The van der Waals surface area contributed by atoms with Gasteiger partial charge in [-0.05, 0) is 24.6 Å². The predicted octanol–water partition coefficient (Wildman–Crippen LogP) is 0.511. The van der Waals surface area contributed by atoms with Crippen molar-refractivity contribution in [2.24, 2.45) is 7.05 Å². The Bertz CT molecular complexity index is 776. The summed E-state index contributed by atoms with van der Waals surface area (Å²) < 4.78 is 42.3. The summed E-state index contributed by atoms with van der Waals surface area (Å²) in [4.78, 5) is 5.76. The van der Waals surface area contributed by atoms with Gasteiger partial charge in [-0.25, -0.2) is 22.5 Å². The average Bonchev–Trinajstić information content (AvgIpc) is 3.08. The number of aromatic nitrogens is 3. The summed E-state index contributed by atoms with van der Waals surface area (Å²) in [5.74, 6) is -0.151. The van der Waals surface area contributed by atoms with Crippen LogP contribution in [-0.2, 0) is 17.1 Å². The lowest BCUT2D eigenvalue weighted by Crippen LogP contribution is -2.38. The van der Waals surface area contributed by atoms with Crippen molar-refractivity contribution < 1.29 is 12.8 Å². The van der Waals surface area contributed by atoms with Crippen LogP contribution in [0.1, 0.15) is 6.42 Å². The van der Waals surface area contributed by atoms with Crippen LogP contribution in [0.5, 0.6) is 0 Å². The van der Waals surface area contributed by atoms with Gasteiger partial charge in [-0.1, -0.05) is 0 Å². The van der Waals surface area contributed by atoms with Crippen LogP contribution in [-0.4, -0.2) is 42.3 Å². The molecule has 3 heterocycles. The van der Waals surface area contributed by atoms with Gasteiger partial charge in [-0.15, -0.1) is 0 Å². The zero-order valence-electron chi connectivity index (χ0n) is 12.0. The van der Waals surface area contributed by atoms with E-state index in [4.69, 9.17) is 0 Å². The maximum absolute atomic E-state index is 13.7. The Morgan fingerprint density at radius 2 is 2.18 bits per heavy atom. The first-order chi connectivity index (χ1) is 10.5. The van der Waals surface area contributed by atoms with E-state index in [2.05, 4.69) is 14.8 Å². The van der Waals surface area contributed by atoms with E-state index in [0.717, 1.165) is 0 Å². The predicted molar refractivity (Wildman–Crippen MR) is 78.3 cm³/mol. The van der Waals surface area contributed by atoms with E-state index in [1.54, 1.807) is 11.9 Å². The van der Waals surface area contributed by atoms with E-state index in [1.807, 2.05) is 0 Å². The summed E-state index contributed by atoms with van der Waals surface area (Å²) in [6.45, 7) is 0.928. The highest BCUT2D eigenvalue weighted by Crippen LogP contribution is 2.21. The Morgan fingerprint density at radius 1 is 1.36 bits per heavy atom. The van der Waals surface area contributed by atoms with Gasteiger partial charge in [0.05, 0.1) is 6.20 Å². The number of aryl methyl sites for hydroxylation is 1. The molecule has 1 aliphatic rings. The second kappa shape index (κ2) is 5.65. The molecular weight excluding hydrogens is 309 g/mol. The van der Waals surface area contributed by atoms with Gasteiger partial charge in [-0.3, -0.25) is 4.68 Å². The highest BCUT2D eigenvalue weighted by molar-refractivity contribution is 7.89. The van der Waals surface area contributed by atoms with Crippen LogP contribution in [0.25, 0.3) is 0 Å². The second-order valence-electron chi connectivity index (χ2n) is 5.15. The van der Waals surface area contributed by atoms with Gasteiger partial charge in [0.1, 0.15) is 0 Å². The fourth-order valence-corrected chi connectivity index (χ4v) is 3.95. The molecule has 0 aromatic carbocycles. The molecule has 2 aromatic rings. The topological polar surface area (TPSA) is 80.1 Å². The van der Waals surface area contributed by atoms with Gasteiger partial charge in [0.2, 0.25) is 0 Å². The maximum atomic E-state index is 13.7. The summed E-state index contributed by atoms with van der Waals surface area (Å²) in [5, 5.41) is 3.97. The molecule has 0 spiro atoms. The molecular formula is C13H16FN5O2S. The van der Waals surface area contributed by atoms with Crippen molar-refractivity contribution in [3.63, 3.8) is 0 Å². The van der Waals surface area contributed by atoms with Gasteiger partial charge in [-0.2, -0.15) is 5.10 Å². The molecule has 1 aliphatic heterocycles. The van der Waals surface area contributed by atoms with Gasteiger partial charge in [0.15, 0.2) is 16.7 Å². The number of halogens is 1. The molecule has 9 heteroatoms. The molecule has 22 heavy (non-hydrogen) atoms. The largest absolute Gasteiger partial charge is 0.353 e. The summed E-state index contributed by atoms with van der Waals surface area (Å²) in [7, 11) is -2.07. The minimum absolute atomic E-state index is 0.106. The third-order valence-corrected chi connectivity index (χ3v) is 5.19. The van der Waals surface area contributed by atoms with Gasteiger partial charge < -0.3 is 4.90 Å². The lowest BCUT2D eigenvalue weighted by Gasteiger charge is -2.18. The molecule has 0 bridgehead atoms. The van der Waals surface area contributed by atoms with Crippen molar-refractivity contribution in [2.45, 2.75) is 17.5 Å². The van der Waals surface area contributed by atoms with Crippen molar-refractivity contribution >= 4 is 15.8 Å². The molecule has 118 valence electrons. The van der Waals surface area contributed by atoms with Crippen molar-refractivity contribution in [3.8, 4) is 0 Å². The minimum Gasteiger partial charge on any atom is -0.353 e. The lowest BCUT2D eigenvalue weighted by atomic mass is 10.3. The molecule has 0 saturated carbocycles. The first-order valence-corrected chi connectivity index (χ1v) is 8.31. The van der Waals surface area contributed by atoms with E-state index < -0.39 is 15.8 Å². The Morgan fingerprint density at radius 3 is 2.86 bits per heavy atom. The first kappa shape index (κ1) is 14.9. The molecule has 1 unspecified atom stereocenters. The van der Waals surface area contributed by atoms with Crippen molar-refractivity contribution in [2.75, 3.05) is 18.0 Å². The number of anilines is 1. The van der Waals surface area contributed by atoms with Crippen LogP contribution in [0, 0.1) is 5.82 Å². The zero-order chi connectivity index (χ0) is 15.7. The fraction of sp³-hybridized carbons (Fsp3) is 0.385. The molecule has 0 amide bonds. The van der Waals surface area contributed by atoms with Crippen LogP contribution >= 0.6 is 0 Å². The van der Waals surface area contributed by atoms with Crippen LogP contribution in [0.4, 0.5) is 10.2 Å². The second-order valence-corrected chi connectivity index (χ2v) is 6.82. The van der Waals surface area contributed by atoms with Crippen LogP contribution in [0.15, 0.2) is 35.6 Å². The van der Waals surface area contributed by atoms with Crippen LogP contribution in [0.2, 0.25) is 0 Å². The standard InChI is InChI=1S/C13H16FN5O2S/c1-18-12(4-7-16-18)22(20,21)17-10-5-8-19(9-10)13-11(14)3-2-6-15-13/h2-4,6-7,10,17H,5,8-9H2,1H3. The molecule has 7 nitrogen and oxygen atoms in total. The maximum Gasteiger partial charge on any atom is 0.258 e.